The van der Waals surface area contributed by atoms with E-state index in [0.717, 1.165) is 46.7 Å². The Labute approximate surface area is 331 Å². The second-order valence-electron chi connectivity index (χ2n) is 16.5. The number of rotatable bonds is 11. The Kier molecular flexibility index (Phi) is 10.4. The van der Waals surface area contributed by atoms with E-state index >= 15 is 0 Å². The summed E-state index contributed by atoms with van der Waals surface area (Å²) in [6, 6.07) is 42.4. The predicted octanol–water partition coefficient (Wildman–Crippen LogP) is 9.22. The standard InChI is InChI=1S/C49H51NO5Si/c1-5-33(29-34-26-27-43(51)40-24-16-15-23-39(34)40)25-28-44-45-35(30-41-46(42(45)32-54-44)48(53)50(47(41)52)36-17-9-6-10-18-36)31-55-56(49(2,3)4,37-19-11-7-12-20-37)38-21-13-8-14-22-38/h6-24,26-27,29,41-42,44,46,51H,5,25,28,30-32H2,1-4H3/b33-29+/t41-,42+,44-,46-/m1/s1. The van der Waals surface area contributed by atoms with Crippen LogP contribution in [0.3, 0.4) is 0 Å². The van der Waals surface area contributed by atoms with Gasteiger partial charge < -0.3 is 14.3 Å². The van der Waals surface area contributed by atoms with Gasteiger partial charge in [-0.15, -0.1) is 0 Å². The van der Waals surface area contributed by atoms with Crippen molar-refractivity contribution in [2.45, 2.75) is 64.5 Å². The van der Waals surface area contributed by atoms with Crippen LogP contribution in [0.5, 0.6) is 5.75 Å². The number of carbonyl (C=O) groups is 2. The van der Waals surface area contributed by atoms with Crippen LogP contribution in [-0.2, 0) is 18.8 Å². The molecule has 2 fully saturated rings. The number of fused-ring (bicyclic) bond motifs is 4. The van der Waals surface area contributed by atoms with Crippen molar-refractivity contribution in [2.24, 2.45) is 17.8 Å². The van der Waals surface area contributed by atoms with Crippen LogP contribution in [0.1, 0.15) is 58.9 Å². The highest BCUT2D eigenvalue weighted by Gasteiger charge is 2.58. The SMILES string of the molecule is CC/C(=C\c1ccc(O)c2ccccc12)CC[C@H]1OC[C@H]2C1=C(CO[Si](c1ccccc1)(c1ccccc1)C(C)(C)C)C[C@H]1C(=O)N(c3ccccc3)C(=O)[C@H]12. The fourth-order valence-electron chi connectivity index (χ4n) is 9.71. The van der Waals surface area contributed by atoms with Crippen LogP contribution in [0.15, 0.2) is 144 Å². The molecule has 0 radical (unpaired) electrons. The van der Waals surface area contributed by atoms with E-state index in [-0.39, 0.29) is 34.6 Å². The third-order valence-corrected chi connectivity index (χ3v) is 17.4. The summed E-state index contributed by atoms with van der Waals surface area (Å²) in [5.41, 5.74) is 5.25. The summed E-state index contributed by atoms with van der Waals surface area (Å²) in [5.74, 6) is -1.11. The maximum atomic E-state index is 14.3. The van der Waals surface area contributed by atoms with Crippen LogP contribution in [0, 0.1) is 17.8 Å². The van der Waals surface area contributed by atoms with Crippen molar-refractivity contribution in [3.63, 3.8) is 0 Å². The Morgan fingerprint density at radius 2 is 1.41 bits per heavy atom. The number of para-hydroxylation sites is 1. The van der Waals surface area contributed by atoms with Crippen LogP contribution in [0.4, 0.5) is 5.69 Å². The third-order valence-electron chi connectivity index (χ3n) is 12.4. The largest absolute Gasteiger partial charge is 0.507 e. The van der Waals surface area contributed by atoms with Gasteiger partial charge in [0, 0.05) is 11.3 Å². The van der Waals surface area contributed by atoms with Crippen LogP contribution in [-0.4, -0.2) is 44.6 Å². The van der Waals surface area contributed by atoms with Gasteiger partial charge >= 0.3 is 0 Å². The fourth-order valence-corrected chi connectivity index (χ4v) is 14.3. The van der Waals surface area contributed by atoms with Crippen molar-refractivity contribution < 1.29 is 23.9 Å². The number of hydrogen-bond donors (Lipinski definition) is 1. The summed E-state index contributed by atoms with van der Waals surface area (Å²) in [5, 5.41) is 14.6. The van der Waals surface area contributed by atoms with Gasteiger partial charge in [0.1, 0.15) is 5.75 Å². The second kappa shape index (κ2) is 15.5. The summed E-state index contributed by atoms with van der Waals surface area (Å²) < 4.78 is 14.3. The van der Waals surface area contributed by atoms with E-state index in [1.807, 2.05) is 54.6 Å². The van der Waals surface area contributed by atoms with Crippen molar-refractivity contribution in [3.05, 3.63) is 150 Å². The van der Waals surface area contributed by atoms with E-state index in [2.05, 4.69) is 101 Å². The molecular formula is C49H51NO5Si. The summed E-state index contributed by atoms with van der Waals surface area (Å²) in [7, 11) is -2.91. The molecule has 8 rings (SSSR count). The molecule has 0 spiro atoms. The van der Waals surface area contributed by atoms with Gasteiger partial charge in [-0.3, -0.25) is 14.5 Å². The molecule has 7 heteroatoms. The number of amides is 2. The number of imide groups is 1. The van der Waals surface area contributed by atoms with Crippen molar-refractivity contribution in [1.82, 2.24) is 0 Å². The molecule has 2 aliphatic heterocycles. The normalized spacial score (nSPS) is 21.5. The van der Waals surface area contributed by atoms with E-state index in [9.17, 15) is 14.7 Å². The minimum absolute atomic E-state index is 0.127. The Balaban J connectivity index is 1.17. The monoisotopic (exact) mass is 761 g/mol. The molecule has 56 heavy (non-hydrogen) atoms. The number of phenols is 1. The first-order valence-corrected chi connectivity index (χ1v) is 21.9. The second-order valence-corrected chi connectivity index (χ2v) is 20.8. The van der Waals surface area contributed by atoms with E-state index in [1.54, 1.807) is 6.07 Å². The molecule has 4 atom stereocenters. The first-order chi connectivity index (χ1) is 27.1. The van der Waals surface area contributed by atoms with Crippen molar-refractivity contribution in [3.8, 4) is 5.75 Å². The van der Waals surface area contributed by atoms with Crippen molar-refractivity contribution in [2.75, 3.05) is 18.1 Å². The van der Waals surface area contributed by atoms with Gasteiger partial charge in [-0.25, -0.2) is 0 Å². The number of ether oxygens (including phenoxy) is 1. The minimum Gasteiger partial charge on any atom is -0.507 e. The maximum Gasteiger partial charge on any atom is 0.261 e. The van der Waals surface area contributed by atoms with E-state index in [1.165, 1.54) is 20.8 Å². The highest BCUT2D eigenvalue weighted by Crippen LogP contribution is 2.51. The quantitative estimate of drug-likeness (QED) is 0.0826. The molecule has 0 unspecified atom stereocenters. The molecule has 5 aromatic rings. The number of phenolic OH excluding ortho intramolecular Hbond substituents is 1. The lowest BCUT2D eigenvalue weighted by atomic mass is 9.69. The number of benzene rings is 5. The molecule has 0 saturated carbocycles. The zero-order valence-corrected chi connectivity index (χ0v) is 33.8. The topological polar surface area (TPSA) is 76.1 Å². The van der Waals surface area contributed by atoms with Crippen LogP contribution >= 0.6 is 0 Å². The maximum absolute atomic E-state index is 14.3. The smallest absolute Gasteiger partial charge is 0.261 e. The third kappa shape index (κ3) is 6.65. The number of carbonyl (C=O) groups excluding carboxylic acids is 2. The lowest BCUT2D eigenvalue weighted by Crippen LogP contribution is -2.66. The summed E-state index contributed by atoms with van der Waals surface area (Å²) in [4.78, 5) is 30.1. The van der Waals surface area contributed by atoms with E-state index in [4.69, 9.17) is 9.16 Å². The van der Waals surface area contributed by atoms with Crippen LogP contribution in [0.2, 0.25) is 5.04 Å². The number of allylic oxidation sites excluding steroid dienone is 1. The summed E-state index contributed by atoms with van der Waals surface area (Å²) >= 11 is 0. The molecule has 1 N–H and O–H groups in total. The van der Waals surface area contributed by atoms with Crippen molar-refractivity contribution in [1.29, 1.82) is 0 Å². The number of hydrogen-bond acceptors (Lipinski definition) is 5. The highest BCUT2D eigenvalue weighted by atomic mass is 28.4. The number of anilines is 1. The number of aromatic hydroxyl groups is 1. The first kappa shape index (κ1) is 37.8. The zero-order valence-electron chi connectivity index (χ0n) is 32.8. The summed E-state index contributed by atoms with van der Waals surface area (Å²) in [6.45, 7) is 9.80. The average Bonchev–Trinajstić information content (AvgIpc) is 3.75. The Bertz CT molecular complexity index is 2260. The summed E-state index contributed by atoms with van der Waals surface area (Å²) in [6.07, 6.45) is 4.97. The molecule has 2 saturated heterocycles. The molecule has 2 amide bonds. The highest BCUT2D eigenvalue weighted by molar-refractivity contribution is 6.99. The molecule has 6 nitrogen and oxygen atoms in total. The van der Waals surface area contributed by atoms with Crippen molar-refractivity contribution >= 4 is 53.0 Å². The molecule has 3 aliphatic rings. The van der Waals surface area contributed by atoms with Gasteiger partial charge in [-0.2, -0.15) is 0 Å². The first-order valence-electron chi connectivity index (χ1n) is 20.0. The Morgan fingerprint density at radius 1 is 0.804 bits per heavy atom. The van der Waals surface area contributed by atoms with Crippen LogP contribution < -0.4 is 15.3 Å². The Hall–Kier alpha value is -5.08. The van der Waals surface area contributed by atoms with E-state index < -0.39 is 20.2 Å². The van der Waals surface area contributed by atoms with Gasteiger partial charge in [-0.05, 0) is 81.4 Å². The lowest BCUT2D eigenvalue weighted by molar-refractivity contribution is -0.122. The predicted molar refractivity (Wildman–Crippen MR) is 227 cm³/mol. The fraction of sp³-hybridized carbons (Fsp3) is 0.306. The van der Waals surface area contributed by atoms with Gasteiger partial charge in [-0.1, -0.05) is 149 Å². The van der Waals surface area contributed by atoms with Gasteiger partial charge in [0.05, 0.1) is 36.8 Å². The molecule has 0 bridgehead atoms. The lowest BCUT2D eigenvalue weighted by Gasteiger charge is -2.44. The molecule has 2 heterocycles. The van der Waals surface area contributed by atoms with Gasteiger partial charge in [0.2, 0.25) is 11.8 Å². The molecule has 5 aromatic carbocycles. The minimum atomic E-state index is -2.91. The van der Waals surface area contributed by atoms with Crippen LogP contribution in [0.25, 0.3) is 16.8 Å². The molecule has 1 aliphatic carbocycles. The Morgan fingerprint density at radius 3 is 2.04 bits per heavy atom. The molecular weight excluding hydrogens is 711 g/mol. The zero-order chi connectivity index (χ0) is 39.0. The van der Waals surface area contributed by atoms with Gasteiger partial charge in [0.25, 0.3) is 8.32 Å². The molecule has 0 aromatic heterocycles. The average molecular weight is 762 g/mol. The number of nitrogens with zero attached hydrogens (tertiary/aromatic N) is 1. The van der Waals surface area contributed by atoms with Gasteiger partial charge in [0.15, 0.2) is 0 Å². The van der Waals surface area contributed by atoms with E-state index in [0.29, 0.717) is 25.3 Å². The molecule has 286 valence electrons.